The van der Waals surface area contributed by atoms with Gasteiger partial charge >= 0.3 is 0 Å². The molecule has 2 unspecified atom stereocenters. The SMILES string of the molecule is C[C@@H]1CC[C@]23O[C@H]4C[C@]12CC(C4(C)O)C3(C)C. The Labute approximate surface area is 104 Å². The largest absolute Gasteiger partial charge is 0.387 e. The van der Waals surface area contributed by atoms with Crippen LogP contribution < -0.4 is 0 Å². The Kier molecular flexibility index (Phi) is 1.57. The highest BCUT2D eigenvalue weighted by Gasteiger charge is 2.83. The van der Waals surface area contributed by atoms with Gasteiger partial charge in [-0.1, -0.05) is 20.8 Å². The lowest BCUT2D eigenvalue weighted by Crippen LogP contribution is -2.60. The van der Waals surface area contributed by atoms with E-state index in [4.69, 9.17) is 4.74 Å². The standard InChI is InChI=1S/C15H24O2/c1-9-5-6-15-12(2,3)10-7-14(9,15)8-11(17-15)13(10,4)16/h9-11,16H,5-8H2,1-4H3/t9-,10?,11+,13?,14-,15-/m1/s1. The van der Waals surface area contributed by atoms with Gasteiger partial charge in [0.25, 0.3) is 0 Å². The fraction of sp³-hybridized carbons (Fsp3) is 1.00. The molecule has 0 radical (unpaired) electrons. The molecular formula is C15H24O2. The molecule has 3 aliphatic carbocycles. The topological polar surface area (TPSA) is 29.5 Å². The van der Waals surface area contributed by atoms with E-state index >= 15 is 0 Å². The summed E-state index contributed by atoms with van der Waals surface area (Å²) in [7, 11) is 0. The molecule has 1 N–H and O–H groups in total. The first-order valence-electron chi connectivity index (χ1n) is 7.18. The Morgan fingerprint density at radius 3 is 2.53 bits per heavy atom. The second-order valence-corrected chi connectivity index (χ2v) is 7.94. The van der Waals surface area contributed by atoms with Gasteiger partial charge in [0, 0.05) is 5.41 Å². The van der Waals surface area contributed by atoms with E-state index in [1.807, 2.05) is 6.92 Å². The van der Waals surface area contributed by atoms with E-state index in [1.165, 1.54) is 19.3 Å². The van der Waals surface area contributed by atoms with E-state index in [0.717, 1.165) is 12.3 Å². The quantitative estimate of drug-likeness (QED) is 0.701. The van der Waals surface area contributed by atoms with Crippen molar-refractivity contribution < 1.29 is 9.84 Å². The van der Waals surface area contributed by atoms with Crippen LogP contribution in [0.15, 0.2) is 0 Å². The smallest absolute Gasteiger partial charge is 0.0915 e. The highest BCUT2D eigenvalue weighted by Crippen LogP contribution is 2.80. The number of ether oxygens (including phenoxy) is 1. The highest BCUT2D eigenvalue weighted by atomic mass is 16.5. The van der Waals surface area contributed by atoms with Gasteiger partial charge in [0.05, 0.1) is 17.3 Å². The maximum Gasteiger partial charge on any atom is 0.0915 e. The Bertz CT molecular complexity index is 400. The van der Waals surface area contributed by atoms with Gasteiger partial charge in [0.15, 0.2) is 0 Å². The molecule has 2 aliphatic heterocycles. The monoisotopic (exact) mass is 236 g/mol. The van der Waals surface area contributed by atoms with Crippen LogP contribution in [0, 0.1) is 22.7 Å². The third-order valence-electron chi connectivity index (χ3n) is 7.41. The van der Waals surface area contributed by atoms with Crippen molar-refractivity contribution in [3.63, 3.8) is 0 Å². The molecular weight excluding hydrogens is 212 g/mol. The van der Waals surface area contributed by atoms with Crippen LogP contribution in [0.5, 0.6) is 0 Å². The molecule has 17 heavy (non-hydrogen) atoms. The lowest BCUT2D eigenvalue weighted by molar-refractivity contribution is -0.246. The average molecular weight is 236 g/mol. The molecule has 0 amide bonds. The molecule has 5 aliphatic rings. The van der Waals surface area contributed by atoms with Gasteiger partial charge in [-0.3, -0.25) is 0 Å². The van der Waals surface area contributed by atoms with Gasteiger partial charge in [-0.25, -0.2) is 0 Å². The van der Waals surface area contributed by atoms with Gasteiger partial charge in [-0.05, 0) is 49.9 Å². The molecule has 0 aromatic rings. The fourth-order valence-electron chi connectivity index (χ4n) is 6.45. The number of hydrogen-bond acceptors (Lipinski definition) is 2. The van der Waals surface area contributed by atoms with Gasteiger partial charge in [0.1, 0.15) is 0 Å². The summed E-state index contributed by atoms with van der Waals surface area (Å²) in [5.74, 6) is 1.19. The molecule has 4 bridgehead atoms. The second-order valence-electron chi connectivity index (χ2n) is 7.94. The first-order valence-corrected chi connectivity index (χ1v) is 7.18. The van der Waals surface area contributed by atoms with Crippen molar-refractivity contribution in [1.82, 2.24) is 0 Å². The molecule has 3 saturated carbocycles. The molecule has 6 atom stereocenters. The molecule has 2 saturated heterocycles. The molecule has 2 heteroatoms. The highest BCUT2D eigenvalue weighted by molar-refractivity contribution is 5.32. The van der Waals surface area contributed by atoms with Crippen LogP contribution in [0.1, 0.15) is 53.4 Å². The zero-order valence-electron chi connectivity index (χ0n) is 11.4. The molecule has 96 valence electrons. The second kappa shape index (κ2) is 2.46. The maximum atomic E-state index is 10.8. The fourth-order valence-corrected chi connectivity index (χ4v) is 6.45. The van der Waals surface area contributed by atoms with E-state index in [0.29, 0.717) is 11.3 Å². The van der Waals surface area contributed by atoms with Gasteiger partial charge in [0.2, 0.25) is 0 Å². The lowest BCUT2D eigenvalue weighted by Gasteiger charge is -2.53. The summed E-state index contributed by atoms with van der Waals surface area (Å²) in [6, 6.07) is 0. The van der Waals surface area contributed by atoms with Crippen LogP contribution in [0.25, 0.3) is 0 Å². The third-order valence-corrected chi connectivity index (χ3v) is 7.41. The molecule has 0 aromatic carbocycles. The van der Waals surface area contributed by atoms with Crippen molar-refractivity contribution in [3.05, 3.63) is 0 Å². The van der Waals surface area contributed by atoms with Crippen LogP contribution >= 0.6 is 0 Å². The Morgan fingerprint density at radius 2 is 1.88 bits per heavy atom. The lowest BCUT2D eigenvalue weighted by atomic mass is 9.63. The summed E-state index contributed by atoms with van der Waals surface area (Å²) in [5.41, 5.74) is -0.0105. The first-order chi connectivity index (χ1) is 7.78. The van der Waals surface area contributed by atoms with Gasteiger partial charge in [-0.2, -0.15) is 0 Å². The third kappa shape index (κ3) is 0.779. The van der Waals surface area contributed by atoms with Crippen molar-refractivity contribution in [2.24, 2.45) is 22.7 Å². The number of rotatable bonds is 0. The molecule has 2 nitrogen and oxygen atoms in total. The summed E-state index contributed by atoms with van der Waals surface area (Å²) in [6.45, 7) is 9.10. The van der Waals surface area contributed by atoms with Gasteiger partial charge < -0.3 is 9.84 Å². The minimum atomic E-state index is -0.607. The van der Waals surface area contributed by atoms with Crippen LogP contribution in [0.3, 0.4) is 0 Å². The Morgan fingerprint density at radius 1 is 1.18 bits per heavy atom. The van der Waals surface area contributed by atoms with E-state index in [9.17, 15) is 5.11 Å². The summed E-state index contributed by atoms with van der Waals surface area (Å²) < 4.78 is 6.50. The average Bonchev–Trinajstić information content (AvgIpc) is 2.71. The summed E-state index contributed by atoms with van der Waals surface area (Å²) in [6.07, 6.45) is 4.90. The van der Waals surface area contributed by atoms with E-state index < -0.39 is 5.60 Å². The Hall–Kier alpha value is -0.0800. The van der Waals surface area contributed by atoms with Crippen molar-refractivity contribution in [1.29, 1.82) is 0 Å². The van der Waals surface area contributed by atoms with Crippen molar-refractivity contribution in [2.75, 3.05) is 0 Å². The van der Waals surface area contributed by atoms with Crippen LogP contribution in [-0.4, -0.2) is 22.4 Å². The van der Waals surface area contributed by atoms with Crippen molar-refractivity contribution in [2.45, 2.75) is 70.7 Å². The maximum absolute atomic E-state index is 10.8. The molecule has 0 aromatic heterocycles. The molecule has 2 heterocycles. The zero-order valence-corrected chi connectivity index (χ0v) is 11.4. The van der Waals surface area contributed by atoms with Crippen molar-refractivity contribution in [3.8, 4) is 0 Å². The number of hydrogen-bond donors (Lipinski definition) is 1. The predicted octanol–water partition coefficient (Wildman–Crippen LogP) is 2.74. The van der Waals surface area contributed by atoms with E-state index in [1.54, 1.807) is 0 Å². The van der Waals surface area contributed by atoms with E-state index in [2.05, 4.69) is 20.8 Å². The molecule has 5 rings (SSSR count). The van der Waals surface area contributed by atoms with Crippen molar-refractivity contribution >= 4 is 0 Å². The van der Waals surface area contributed by atoms with Crippen LogP contribution in [-0.2, 0) is 4.74 Å². The van der Waals surface area contributed by atoms with Crippen LogP contribution in [0.4, 0.5) is 0 Å². The van der Waals surface area contributed by atoms with E-state index in [-0.39, 0.29) is 17.1 Å². The minimum absolute atomic E-state index is 0.0803. The number of aliphatic hydroxyl groups is 1. The molecule has 5 fully saturated rings. The first kappa shape index (κ1) is 10.8. The molecule has 2 spiro atoms. The van der Waals surface area contributed by atoms with Gasteiger partial charge in [-0.15, -0.1) is 0 Å². The zero-order chi connectivity index (χ0) is 12.3. The minimum Gasteiger partial charge on any atom is -0.387 e. The Balaban J connectivity index is 1.96. The predicted molar refractivity (Wildman–Crippen MR) is 65.6 cm³/mol. The van der Waals surface area contributed by atoms with Crippen LogP contribution in [0.2, 0.25) is 0 Å². The normalized spacial score (nSPS) is 66.5. The summed E-state index contributed by atoms with van der Waals surface area (Å²) in [4.78, 5) is 0. The summed E-state index contributed by atoms with van der Waals surface area (Å²) >= 11 is 0. The summed E-state index contributed by atoms with van der Waals surface area (Å²) in [5, 5.41) is 10.8.